The Bertz CT molecular complexity index is 6720. The van der Waals surface area contributed by atoms with E-state index in [0.717, 1.165) is 66.8 Å². The van der Waals surface area contributed by atoms with Gasteiger partial charge in [0, 0.05) is 72.9 Å². The molecule has 21 nitrogen and oxygen atoms in total. The molecule has 17 aromatic carbocycles. The summed E-state index contributed by atoms with van der Waals surface area (Å²) in [5.74, 6) is 0.0274. The zero-order chi connectivity index (χ0) is 87.7. The van der Waals surface area contributed by atoms with Crippen molar-refractivity contribution in [3.05, 3.63) is 385 Å². The van der Waals surface area contributed by atoms with Crippen LogP contribution in [0.25, 0.3) is 43.1 Å². The van der Waals surface area contributed by atoms with Crippen molar-refractivity contribution < 1.29 is 107 Å². The lowest BCUT2D eigenvalue weighted by atomic mass is 9.87. The normalized spacial score (nSPS) is 11.1. The lowest BCUT2D eigenvalue weighted by molar-refractivity contribution is 0.437. The van der Waals surface area contributed by atoms with Crippen LogP contribution in [-0.4, -0.2) is 107 Å². The van der Waals surface area contributed by atoms with Crippen LogP contribution < -0.4 is 0 Å². The highest BCUT2D eigenvalue weighted by molar-refractivity contribution is 6.03. The van der Waals surface area contributed by atoms with Gasteiger partial charge < -0.3 is 107 Å². The Morgan fingerprint density at radius 1 is 0.137 bits per heavy atom. The molecule has 0 amide bonds. The predicted octanol–water partition coefficient (Wildman–Crippen LogP) is 19.5. The SMILES string of the molecule is Oc1ccc(Cc2c(O)c(Cc3ccc(O)cc3)c3cccc(O)c3c2O)cc1.Oc1ccc(Cc2c(O)cc3c(Cc4ccc(O)cc4)ccc(O)c3c2O)cc1.Oc1ccc(Cc2cc(Cc3ccc(O)cc3)c3c(Cc4ccc(O)cc4)c(O)cc(O)c3c2O)cc1.Oc1ccc(Cc2cc(Cc3ccc(O)cc3)c3cc(O)cc(O)c3c2O)cc1. The first-order chi connectivity index (χ1) is 59.5. The first-order valence-corrected chi connectivity index (χ1v) is 39.3. The number of benzene rings is 17. The maximum atomic E-state index is 11.3. The molecule has 0 unspecified atom stereocenters. The Morgan fingerprint density at radius 3 is 0.847 bits per heavy atom. The highest BCUT2D eigenvalue weighted by atomic mass is 16.3. The summed E-state index contributed by atoms with van der Waals surface area (Å²) >= 11 is 0. The zero-order valence-corrected chi connectivity index (χ0v) is 66.4. The van der Waals surface area contributed by atoms with E-state index in [1.54, 1.807) is 231 Å². The molecule has 0 fully saturated rings. The first-order valence-electron chi connectivity index (χ1n) is 39.3. The van der Waals surface area contributed by atoms with Crippen LogP contribution in [0.2, 0.25) is 0 Å². The van der Waals surface area contributed by atoms with Gasteiger partial charge in [-0.15, -0.1) is 0 Å². The molecule has 0 radical (unpaired) electrons. The molecule has 0 aliphatic carbocycles. The molecule has 21 heteroatoms. The van der Waals surface area contributed by atoms with Crippen LogP contribution in [0.5, 0.6) is 121 Å². The predicted molar refractivity (Wildman–Crippen MR) is 474 cm³/mol. The number of aromatic hydroxyl groups is 21. The second kappa shape index (κ2) is 36.4. The van der Waals surface area contributed by atoms with Gasteiger partial charge in [0.1, 0.15) is 121 Å². The van der Waals surface area contributed by atoms with E-state index in [9.17, 15) is 107 Å². The van der Waals surface area contributed by atoms with Gasteiger partial charge >= 0.3 is 0 Å². The Hall–Kier alpha value is -16.4. The minimum atomic E-state index is -0.237. The van der Waals surface area contributed by atoms with Crippen molar-refractivity contribution in [1.82, 2.24) is 0 Å². The fourth-order valence-electron chi connectivity index (χ4n) is 15.5. The molecule has 0 saturated heterocycles. The summed E-state index contributed by atoms with van der Waals surface area (Å²) in [5, 5.41) is 218. The van der Waals surface area contributed by atoms with E-state index in [0.29, 0.717) is 99.9 Å². The average molecular weight is 1660 g/mol. The molecule has 0 bridgehead atoms. The lowest BCUT2D eigenvalue weighted by Crippen LogP contribution is -2.00. The molecular formula is C103H86O21. The number of hydrogen-bond acceptors (Lipinski definition) is 21. The molecular weight excluding hydrogens is 1570 g/mol. The molecule has 0 spiro atoms. The monoisotopic (exact) mass is 1660 g/mol. The molecule has 0 heterocycles. The summed E-state index contributed by atoms with van der Waals surface area (Å²) in [6.45, 7) is 0. The van der Waals surface area contributed by atoms with Crippen LogP contribution in [-0.2, 0) is 57.8 Å². The van der Waals surface area contributed by atoms with Crippen LogP contribution in [0.15, 0.2) is 285 Å². The van der Waals surface area contributed by atoms with Crippen molar-refractivity contribution in [3.8, 4) is 121 Å². The summed E-state index contributed by atoms with van der Waals surface area (Å²) in [5.41, 5.74) is 13.2. The molecule has 17 rings (SSSR count). The van der Waals surface area contributed by atoms with Gasteiger partial charge in [-0.1, -0.05) is 140 Å². The van der Waals surface area contributed by atoms with E-state index in [4.69, 9.17) is 0 Å². The Morgan fingerprint density at radius 2 is 0.427 bits per heavy atom. The lowest BCUT2D eigenvalue weighted by Gasteiger charge is -2.19. The summed E-state index contributed by atoms with van der Waals surface area (Å²) in [4.78, 5) is 0. The minimum absolute atomic E-state index is 0.0400. The summed E-state index contributed by atoms with van der Waals surface area (Å²) < 4.78 is 0. The molecule has 0 atom stereocenters. The Balaban J connectivity index is 0.000000135. The zero-order valence-electron chi connectivity index (χ0n) is 66.4. The van der Waals surface area contributed by atoms with Crippen molar-refractivity contribution in [2.45, 2.75) is 57.8 Å². The van der Waals surface area contributed by atoms with E-state index < -0.39 is 0 Å². The van der Waals surface area contributed by atoms with Gasteiger partial charge in [0.25, 0.3) is 0 Å². The highest BCUT2D eigenvalue weighted by Crippen LogP contribution is 2.50. The van der Waals surface area contributed by atoms with Gasteiger partial charge in [-0.3, -0.25) is 0 Å². The third-order valence-electron chi connectivity index (χ3n) is 21.8. The molecule has 624 valence electrons. The second-order valence-corrected chi connectivity index (χ2v) is 30.4. The van der Waals surface area contributed by atoms with E-state index in [-0.39, 0.29) is 155 Å². The topological polar surface area (TPSA) is 425 Å². The van der Waals surface area contributed by atoms with E-state index >= 15 is 0 Å². The molecule has 17 aromatic rings. The molecule has 0 aliphatic rings. The van der Waals surface area contributed by atoms with Gasteiger partial charge in [0.05, 0.1) is 21.5 Å². The number of hydrogen-bond donors (Lipinski definition) is 21. The maximum Gasteiger partial charge on any atom is 0.134 e. The molecule has 0 aliphatic heterocycles. The Kier molecular flexibility index (Phi) is 24.7. The minimum Gasteiger partial charge on any atom is -0.508 e. The fourth-order valence-corrected chi connectivity index (χ4v) is 15.5. The van der Waals surface area contributed by atoms with Gasteiger partial charge in [-0.2, -0.15) is 0 Å². The highest BCUT2D eigenvalue weighted by Gasteiger charge is 2.26. The summed E-state index contributed by atoms with van der Waals surface area (Å²) in [7, 11) is 0. The third kappa shape index (κ3) is 19.3. The van der Waals surface area contributed by atoms with Gasteiger partial charge in [-0.05, 0) is 252 Å². The summed E-state index contributed by atoms with van der Waals surface area (Å²) in [6.07, 6.45) is 3.32. The number of phenols is 21. The average Bonchev–Trinajstić information content (AvgIpc) is 0.762. The van der Waals surface area contributed by atoms with E-state index in [1.165, 1.54) is 42.5 Å². The van der Waals surface area contributed by atoms with Crippen LogP contribution >= 0.6 is 0 Å². The fraction of sp³-hybridized carbons (Fsp3) is 0.0874. The molecule has 124 heavy (non-hydrogen) atoms. The van der Waals surface area contributed by atoms with Gasteiger partial charge in [-0.25, -0.2) is 0 Å². The second-order valence-electron chi connectivity index (χ2n) is 30.4. The van der Waals surface area contributed by atoms with Crippen molar-refractivity contribution >= 4 is 43.1 Å². The smallest absolute Gasteiger partial charge is 0.134 e. The Labute approximate surface area is 710 Å². The molecule has 21 N–H and O–H groups in total. The number of fused-ring (bicyclic) bond motifs is 4. The maximum absolute atomic E-state index is 11.3. The third-order valence-corrected chi connectivity index (χ3v) is 21.8. The van der Waals surface area contributed by atoms with Crippen molar-refractivity contribution in [3.63, 3.8) is 0 Å². The van der Waals surface area contributed by atoms with Crippen molar-refractivity contribution in [2.75, 3.05) is 0 Å². The van der Waals surface area contributed by atoms with E-state index in [1.807, 2.05) is 12.1 Å². The quantitative estimate of drug-likeness (QED) is 0.0379. The standard InChI is InChI=1S/C31H26O6.3C24H20O5/c32-23-7-1-18(2-8-23)13-21-16-22(14-19-3-9-24(33)10-4-19)31(37)30-28(36)17-27(35)26(29(21)30)15-20-5-11-25(34)12-6-20;25-17-6-1-14(2-7-17)11-16-5-10-21(27)23-19(16)13-22(28)20(24(23)29)12-15-3-8-18(26)9-4-15;25-18-5-1-14(2-6-18)9-16-11-17(10-15-3-7-19(26)8-4-15)24(29)23-21(16)12-20(27)13-22(23)28;25-16-8-4-14(5-9-16)12-19-18-2-1-3-21(27)22(18)24(29)20(23(19)28)13-15-6-10-17(26)11-7-15/h1-12,16-17,32-37H,13-15H2;1-10,13,25-29H,11-12H2;1-8,11-13,25-29H,9-10H2;1-11,25-29H,12-13H2. The van der Waals surface area contributed by atoms with Crippen LogP contribution in [0.3, 0.4) is 0 Å². The van der Waals surface area contributed by atoms with Crippen molar-refractivity contribution in [2.24, 2.45) is 0 Å². The largest absolute Gasteiger partial charge is 0.508 e. The first kappa shape index (κ1) is 84.0. The molecule has 0 saturated carbocycles. The van der Waals surface area contributed by atoms with Gasteiger partial charge in [0.15, 0.2) is 0 Å². The van der Waals surface area contributed by atoms with Crippen LogP contribution in [0.1, 0.15) is 100 Å². The van der Waals surface area contributed by atoms with Crippen molar-refractivity contribution in [1.29, 1.82) is 0 Å². The number of phenolic OH excluding ortho intramolecular Hbond substituents is 21. The van der Waals surface area contributed by atoms with Crippen LogP contribution in [0.4, 0.5) is 0 Å². The number of rotatable bonds is 18. The van der Waals surface area contributed by atoms with Crippen LogP contribution in [0, 0.1) is 0 Å². The molecule has 0 aromatic heterocycles. The van der Waals surface area contributed by atoms with Gasteiger partial charge in [0.2, 0.25) is 0 Å². The summed E-state index contributed by atoms with van der Waals surface area (Å²) in [6, 6.07) is 77.6. The van der Waals surface area contributed by atoms with E-state index in [2.05, 4.69) is 0 Å².